The number of nitrogens with zero attached hydrogens (tertiary/aromatic N) is 7. The van der Waals surface area contributed by atoms with Gasteiger partial charge in [0.05, 0.1) is 41.2 Å². The fourth-order valence-corrected chi connectivity index (χ4v) is 7.22. The van der Waals surface area contributed by atoms with Crippen LogP contribution >= 0.6 is 11.3 Å². The molecule has 5 heterocycles. The van der Waals surface area contributed by atoms with E-state index in [1.54, 1.807) is 23.5 Å². The number of halogens is 2. The third kappa shape index (κ3) is 5.51. The molecule has 0 unspecified atom stereocenters. The first-order valence-electron chi connectivity index (χ1n) is 14.2. The number of nitriles is 1. The Morgan fingerprint density at radius 2 is 2.07 bits per heavy atom. The summed E-state index contributed by atoms with van der Waals surface area (Å²) in [7, 11) is 2.09. The zero-order valence-electron chi connectivity index (χ0n) is 23.6. The Morgan fingerprint density at radius 3 is 2.83 bits per heavy atom. The smallest absolute Gasteiger partial charge is 0.318 e. The standard InChI is InChI=1S/C30H33F2N7O2S/c1-19(31)29(40)39-12-11-38(16-22(39)5-8-33)28-24-6-10-37(26-15-21(32)14-20-7-13-42-27(20)26)17-25(24)34-30(35-28)41-18-23-4-3-9-36(23)2/h7,13-15,22-23H,1,3-6,9-12,16-18H2,2H3/t22-,23-/m0/s1. The number of aromatic nitrogens is 2. The number of fused-ring (bicyclic) bond motifs is 2. The van der Waals surface area contributed by atoms with Gasteiger partial charge in [0, 0.05) is 37.8 Å². The molecule has 0 spiro atoms. The van der Waals surface area contributed by atoms with Crippen molar-refractivity contribution in [1.29, 1.82) is 5.26 Å². The van der Waals surface area contributed by atoms with Gasteiger partial charge in [-0.25, -0.2) is 8.78 Å². The number of hydrogen-bond donors (Lipinski definition) is 0. The molecule has 12 heteroatoms. The normalized spacial score (nSPS) is 21.0. The van der Waals surface area contributed by atoms with E-state index in [2.05, 4.69) is 34.4 Å². The quantitative estimate of drug-likeness (QED) is 0.375. The monoisotopic (exact) mass is 593 g/mol. The molecule has 0 aliphatic carbocycles. The van der Waals surface area contributed by atoms with Crippen molar-refractivity contribution in [1.82, 2.24) is 19.8 Å². The fraction of sp³-hybridized carbons (Fsp3) is 0.467. The molecule has 3 aliphatic heterocycles. The summed E-state index contributed by atoms with van der Waals surface area (Å²) in [6.07, 6.45) is 2.85. The lowest BCUT2D eigenvalue weighted by atomic mass is 10.0. The second kappa shape index (κ2) is 11.8. The zero-order chi connectivity index (χ0) is 29.4. The molecule has 220 valence electrons. The summed E-state index contributed by atoms with van der Waals surface area (Å²) >= 11 is 1.59. The maximum absolute atomic E-state index is 14.6. The van der Waals surface area contributed by atoms with Crippen LogP contribution in [0.1, 0.15) is 30.5 Å². The summed E-state index contributed by atoms with van der Waals surface area (Å²) < 4.78 is 35.5. The molecule has 0 radical (unpaired) electrons. The number of piperazine rings is 1. The lowest BCUT2D eigenvalue weighted by Gasteiger charge is -2.42. The summed E-state index contributed by atoms with van der Waals surface area (Å²) in [6.45, 7) is 6.74. The largest absolute Gasteiger partial charge is 0.462 e. The molecule has 0 bridgehead atoms. The molecule has 2 atom stereocenters. The van der Waals surface area contributed by atoms with Gasteiger partial charge in [0.15, 0.2) is 5.83 Å². The second-order valence-corrected chi connectivity index (χ2v) is 12.1. The minimum Gasteiger partial charge on any atom is -0.462 e. The Balaban J connectivity index is 1.33. The van der Waals surface area contributed by atoms with Crippen LogP contribution in [0.25, 0.3) is 10.1 Å². The number of ether oxygens (including phenoxy) is 1. The van der Waals surface area contributed by atoms with Crippen molar-refractivity contribution in [3.8, 4) is 12.1 Å². The van der Waals surface area contributed by atoms with Crippen LogP contribution in [0.2, 0.25) is 0 Å². The van der Waals surface area contributed by atoms with E-state index in [1.165, 1.54) is 4.90 Å². The van der Waals surface area contributed by atoms with Gasteiger partial charge in [-0.1, -0.05) is 6.58 Å². The molecule has 6 rings (SSSR count). The van der Waals surface area contributed by atoms with Crippen LogP contribution in [-0.4, -0.2) is 84.1 Å². The molecule has 3 aliphatic rings. The number of benzene rings is 1. The maximum atomic E-state index is 14.6. The lowest BCUT2D eigenvalue weighted by molar-refractivity contribution is -0.131. The van der Waals surface area contributed by atoms with Crippen LogP contribution in [0.4, 0.5) is 20.3 Å². The Morgan fingerprint density at radius 1 is 1.21 bits per heavy atom. The van der Waals surface area contributed by atoms with Gasteiger partial charge in [-0.2, -0.15) is 15.2 Å². The third-order valence-corrected chi connectivity index (χ3v) is 9.49. The van der Waals surface area contributed by atoms with Crippen LogP contribution < -0.4 is 14.5 Å². The van der Waals surface area contributed by atoms with Gasteiger partial charge in [0.2, 0.25) is 0 Å². The molecule has 2 aromatic heterocycles. The predicted molar refractivity (Wildman–Crippen MR) is 158 cm³/mol. The Bertz CT molecular complexity index is 1560. The number of rotatable bonds is 7. The molecule has 3 aromatic rings. The van der Waals surface area contributed by atoms with Crippen molar-refractivity contribution in [2.75, 3.05) is 56.2 Å². The van der Waals surface area contributed by atoms with E-state index in [-0.39, 0.29) is 30.8 Å². The van der Waals surface area contributed by atoms with Crippen molar-refractivity contribution < 1.29 is 18.3 Å². The topological polar surface area (TPSA) is 88.8 Å². The Labute approximate surface area is 247 Å². The van der Waals surface area contributed by atoms with E-state index >= 15 is 0 Å². The molecule has 2 fully saturated rings. The number of carbonyl (C=O) groups is 1. The molecule has 2 saturated heterocycles. The van der Waals surface area contributed by atoms with Gasteiger partial charge in [-0.05, 0) is 61.8 Å². The fourth-order valence-electron chi connectivity index (χ4n) is 6.29. The summed E-state index contributed by atoms with van der Waals surface area (Å²) in [6, 6.07) is 7.25. The Kier molecular flexibility index (Phi) is 7.96. The van der Waals surface area contributed by atoms with Crippen molar-refractivity contribution >= 4 is 38.8 Å². The SMILES string of the molecule is C=C(F)C(=O)N1CCN(c2nc(OC[C@@H]3CCCN3C)nc3c2CCN(c2cc(F)cc4ccsc24)C3)C[C@@H]1CC#N. The summed E-state index contributed by atoms with van der Waals surface area (Å²) in [5, 5.41) is 12.3. The van der Waals surface area contributed by atoms with Gasteiger partial charge >= 0.3 is 6.01 Å². The first kappa shape index (κ1) is 28.3. The first-order chi connectivity index (χ1) is 20.3. The van der Waals surface area contributed by atoms with Crippen LogP contribution in [0.5, 0.6) is 6.01 Å². The average Bonchev–Trinajstić information content (AvgIpc) is 3.63. The minimum absolute atomic E-state index is 0.0598. The van der Waals surface area contributed by atoms with E-state index in [0.29, 0.717) is 45.0 Å². The van der Waals surface area contributed by atoms with E-state index < -0.39 is 17.8 Å². The van der Waals surface area contributed by atoms with Crippen molar-refractivity contribution in [3.05, 3.63) is 53.1 Å². The van der Waals surface area contributed by atoms with E-state index in [9.17, 15) is 18.8 Å². The van der Waals surface area contributed by atoms with Crippen LogP contribution in [-0.2, 0) is 17.8 Å². The summed E-state index contributed by atoms with van der Waals surface area (Å²) in [5.41, 5.74) is 2.62. The lowest BCUT2D eigenvalue weighted by Crippen LogP contribution is -2.55. The predicted octanol–water partition coefficient (Wildman–Crippen LogP) is 4.28. The van der Waals surface area contributed by atoms with Gasteiger partial charge in [-0.3, -0.25) is 4.79 Å². The van der Waals surface area contributed by atoms with E-state index in [0.717, 1.165) is 46.4 Å². The molecule has 42 heavy (non-hydrogen) atoms. The highest BCUT2D eigenvalue weighted by Gasteiger charge is 2.35. The van der Waals surface area contributed by atoms with Crippen molar-refractivity contribution in [3.63, 3.8) is 0 Å². The number of likely N-dealkylation sites (tertiary alicyclic amines) is 1. The molecule has 1 aromatic carbocycles. The zero-order valence-corrected chi connectivity index (χ0v) is 24.4. The van der Waals surface area contributed by atoms with E-state index in [4.69, 9.17) is 14.7 Å². The highest BCUT2D eigenvalue weighted by Crippen LogP contribution is 2.37. The van der Waals surface area contributed by atoms with Gasteiger partial charge in [-0.15, -0.1) is 11.3 Å². The molecule has 0 saturated carbocycles. The molecule has 1 amide bonds. The number of thiophene rings is 1. The van der Waals surface area contributed by atoms with Crippen LogP contribution in [0.15, 0.2) is 36.0 Å². The average molecular weight is 594 g/mol. The molecule has 0 N–H and O–H groups in total. The first-order valence-corrected chi connectivity index (χ1v) is 15.1. The number of hydrogen-bond acceptors (Lipinski definition) is 9. The van der Waals surface area contributed by atoms with Crippen molar-refractivity contribution in [2.45, 2.75) is 44.3 Å². The minimum atomic E-state index is -1.03. The molecular formula is C30H33F2N7O2S. The van der Waals surface area contributed by atoms with Gasteiger partial charge < -0.3 is 24.3 Å². The molecule has 9 nitrogen and oxygen atoms in total. The third-order valence-electron chi connectivity index (χ3n) is 8.54. The van der Waals surface area contributed by atoms with Gasteiger partial charge in [0.25, 0.3) is 5.91 Å². The highest BCUT2D eigenvalue weighted by atomic mass is 32.1. The summed E-state index contributed by atoms with van der Waals surface area (Å²) in [5.74, 6) is -1.38. The van der Waals surface area contributed by atoms with Gasteiger partial charge in [0.1, 0.15) is 18.2 Å². The Hall–Kier alpha value is -3.82. The van der Waals surface area contributed by atoms with Crippen LogP contribution in [0.3, 0.4) is 0 Å². The number of carbonyl (C=O) groups excluding carboxylic acids is 1. The van der Waals surface area contributed by atoms with E-state index in [1.807, 2.05) is 11.4 Å². The number of amides is 1. The summed E-state index contributed by atoms with van der Waals surface area (Å²) in [4.78, 5) is 30.1. The van der Waals surface area contributed by atoms with Crippen LogP contribution in [0, 0.1) is 17.1 Å². The van der Waals surface area contributed by atoms with Crippen molar-refractivity contribution in [2.24, 2.45) is 0 Å². The molecular weight excluding hydrogens is 560 g/mol. The highest BCUT2D eigenvalue weighted by molar-refractivity contribution is 7.17. The maximum Gasteiger partial charge on any atom is 0.318 e. The number of likely N-dealkylation sites (N-methyl/N-ethyl adjacent to an activating group) is 1. The second-order valence-electron chi connectivity index (χ2n) is 11.1. The number of anilines is 2.